The molecule has 1 saturated heterocycles. The fraction of sp³-hybridized carbons (Fsp3) is 0.375. The molecule has 0 spiro atoms. The molecule has 9 nitrogen and oxygen atoms in total. The van der Waals surface area contributed by atoms with E-state index in [4.69, 9.17) is 10.5 Å². The van der Waals surface area contributed by atoms with Gasteiger partial charge in [0.05, 0.1) is 18.4 Å². The Kier molecular flexibility index (Phi) is 9.73. The number of anilines is 1. The lowest BCUT2D eigenvalue weighted by atomic mass is 9.87. The highest BCUT2D eigenvalue weighted by atomic mass is 16.5. The minimum absolute atomic E-state index is 0.0770. The second-order valence-corrected chi connectivity index (χ2v) is 10.5. The van der Waals surface area contributed by atoms with Crippen molar-refractivity contribution < 1.29 is 24.2 Å². The van der Waals surface area contributed by atoms with Crippen molar-refractivity contribution in [3.63, 3.8) is 0 Å². The number of pyridine rings is 1. The van der Waals surface area contributed by atoms with Crippen LogP contribution in [0.15, 0.2) is 60.8 Å². The zero-order valence-electron chi connectivity index (χ0n) is 23.8. The standard InChI is InChI=1S/C32H38N4O5/c1-4-22-19-24(32(40)41-3)17-20(2)28(22)30(37)35-27(31(38)39)18-21-8-10-25(11-9-21)36-15-12-23(13-16-36)29(33)26-7-5-6-14-34-26/h5-11,14,17,19,23,27,29H,4,12-13,15-16,18,33H2,1-3H3,(H,35,37)(H,38,39). The first-order valence-electron chi connectivity index (χ1n) is 14.0. The zero-order valence-corrected chi connectivity index (χ0v) is 23.8. The molecular weight excluding hydrogens is 520 g/mol. The number of ether oxygens (including phenoxy) is 1. The number of nitrogens with one attached hydrogen (secondary N) is 1. The van der Waals surface area contributed by atoms with Gasteiger partial charge in [-0.1, -0.05) is 25.1 Å². The van der Waals surface area contributed by atoms with Crippen LogP contribution in [-0.2, 0) is 22.4 Å². The maximum absolute atomic E-state index is 13.2. The Labute approximate surface area is 240 Å². The summed E-state index contributed by atoms with van der Waals surface area (Å²) >= 11 is 0. The number of rotatable bonds is 10. The number of amides is 1. The Morgan fingerprint density at radius 3 is 2.41 bits per heavy atom. The van der Waals surface area contributed by atoms with E-state index in [1.807, 2.05) is 49.4 Å². The van der Waals surface area contributed by atoms with Gasteiger partial charge in [-0.15, -0.1) is 0 Å². The summed E-state index contributed by atoms with van der Waals surface area (Å²) in [6, 6.07) is 15.7. The van der Waals surface area contributed by atoms with Gasteiger partial charge in [0.1, 0.15) is 6.04 Å². The van der Waals surface area contributed by atoms with Crippen LogP contribution in [0.4, 0.5) is 5.69 Å². The number of hydrogen-bond acceptors (Lipinski definition) is 7. The number of aryl methyl sites for hydroxylation is 2. The summed E-state index contributed by atoms with van der Waals surface area (Å²) in [6.07, 6.45) is 4.35. The largest absolute Gasteiger partial charge is 0.480 e. The summed E-state index contributed by atoms with van der Waals surface area (Å²) in [5, 5.41) is 12.6. The molecule has 2 heterocycles. The van der Waals surface area contributed by atoms with Gasteiger partial charge in [0.2, 0.25) is 0 Å². The van der Waals surface area contributed by atoms with E-state index < -0.39 is 23.9 Å². The van der Waals surface area contributed by atoms with Crippen molar-refractivity contribution in [2.75, 3.05) is 25.1 Å². The van der Waals surface area contributed by atoms with Crippen LogP contribution in [-0.4, -0.2) is 54.2 Å². The van der Waals surface area contributed by atoms with Crippen LogP contribution in [0.2, 0.25) is 0 Å². The van der Waals surface area contributed by atoms with Crippen LogP contribution >= 0.6 is 0 Å². The Morgan fingerprint density at radius 2 is 1.83 bits per heavy atom. The second-order valence-electron chi connectivity index (χ2n) is 10.5. The summed E-state index contributed by atoms with van der Waals surface area (Å²) in [7, 11) is 1.30. The number of carbonyl (C=O) groups excluding carboxylic acids is 2. The van der Waals surface area contributed by atoms with E-state index in [2.05, 4.69) is 15.2 Å². The summed E-state index contributed by atoms with van der Waals surface area (Å²) in [5.41, 5.74) is 11.3. The molecule has 2 atom stereocenters. The zero-order chi connectivity index (χ0) is 29.5. The van der Waals surface area contributed by atoms with Crippen molar-refractivity contribution in [2.24, 2.45) is 11.7 Å². The van der Waals surface area contributed by atoms with Crippen molar-refractivity contribution in [2.45, 2.75) is 51.6 Å². The first-order chi connectivity index (χ1) is 19.7. The Balaban J connectivity index is 1.38. The maximum atomic E-state index is 13.2. The van der Waals surface area contributed by atoms with Crippen molar-refractivity contribution >= 4 is 23.5 Å². The monoisotopic (exact) mass is 558 g/mol. The molecule has 1 aliphatic rings. The number of piperidine rings is 1. The van der Waals surface area contributed by atoms with E-state index in [9.17, 15) is 19.5 Å². The molecule has 0 radical (unpaired) electrons. The number of aromatic nitrogens is 1. The molecule has 3 aromatic rings. The van der Waals surface area contributed by atoms with Crippen LogP contribution in [0.1, 0.15) is 68.9 Å². The molecule has 0 saturated carbocycles. The quantitative estimate of drug-likeness (QED) is 0.317. The van der Waals surface area contributed by atoms with Gasteiger partial charge in [0.15, 0.2) is 0 Å². The number of nitrogens with zero attached hydrogens (tertiary/aromatic N) is 2. The highest BCUT2D eigenvalue weighted by molar-refractivity contribution is 6.00. The molecule has 1 aliphatic heterocycles. The highest BCUT2D eigenvalue weighted by Gasteiger charge is 2.27. The molecule has 0 bridgehead atoms. The van der Waals surface area contributed by atoms with Crippen molar-refractivity contribution in [1.29, 1.82) is 0 Å². The second kappa shape index (κ2) is 13.4. The predicted octanol–water partition coefficient (Wildman–Crippen LogP) is 4.08. The van der Waals surface area contributed by atoms with Gasteiger partial charge >= 0.3 is 11.9 Å². The number of carbonyl (C=O) groups is 3. The molecule has 9 heteroatoms. The molecule has 2 unspecified atom stereocenters. The number of nitrogens with two attached hydrogens (primary N) is 1. The van der Waals surface area contributed by atoms with Crippen LogP contribution in [0.3, 0.4) is 0 Å². The Bertz CT molecular complexity index is 1370. The molecule has 1 amide bonds. The first kappa shape index (κ1) is 29.7. The first-order valence-corrected chi connectivity index (χ1v) is 14.0. The van der Waals surface area contributed by atoms with E-state index in [1.165, 1.54) is 7.11 Å². The third-order valence-corrected chi connectivity index (χ3v) is 7.87. The third kappa shape index (κ3) is 7.10. The molecule has 4 N–H and O–H groups in total. The SMILES string of the molecule is CCc1cc(C(=O)OC)cc(C)c1C(=O)NC(Cc1ccc(N2CCC(C(N)c3ccccn3)CC2)cc1)C(=O)O. The van der Waals surface area contributed by atoms with Gasteiger partial charge in [-0.05, 0) is 85.2 Å². The van der Waals surface area contributed by atoms with Gasteiger partial charge in [-0.25, -0.2) is 9.59 Å². The van der Waals surface area contributed by atoms with E-state index >= 15 is 0 Å². The summed E-state index contributed by atoms with van der Waals surface area (Å²) < 4.78 is 4.80. The number of esters is 1. The molecule has 1 fully saturated rings. The average molecular weight is 559 g/mol. The minimum Gasteiger partial charge on any atom is -0.480 e. The number of benzene rings is 2. The van der Waals surface area contributed by atoms with Gasteiger partial charge in [0.25, 0.3) is 5.91 Å². The lowest BCUT2D eigenvalue weighted by molar-refractivity contribution is -0.139. The molecule has 41 heavy (non-hydrogen) atoms. The topological polar surface area (TPSA) is 135 Å². The minimum atomic E-state index is -1.12. The van der Waals surface area contributed by atoms with Gasteiger partial charge < -0.3 is 25.8 Å². The third-order valence-electron chi connectivity index (χ3n) is 7.87. The predicted molar refractivity (Wildman–Crippen MR) is 157 cm³/mol. The average Bonchev–Trinajstić information content (AvgIpc) is 3.00. The number of carboxylic acids is 1. The van der Waals surface area contributed by atoms with E-state index in [0.717, 1.165) is 42.9 Å². The fourth-order valence-electron chi connectivity index (χ4n) is 5.54. The fourth-order valence-corrected chi connectivity index (χ4v) is 5.54. The molecule has 0 aliphatic carbocycles. The molecule has 216 valence electrons. The Morgan fingerprint density at radius 1 is 1.12 bits per heavy atom. The van der Waals surface area contributed by atoms with Crippen LogP contribution in [0.25, 0.3) is 0 Å². The molecule has 1 aromatic heterocycles. The summed E-state index contributed by atoms with van der Waals surface area (Å²) in [6.45, 7) is 5.36. The van der Waals surface area contributed by atoms with Gasteiger partial charge in [-0.3, -0.25) is 9.78 Å². The summed E-state index contributed by atoms with van der Waals surface area (Å²) in [5.74, 6) is -1.71. The number of hydrogen-bond donors (Lipinski definition) is 3. The maximum Gasteiger partial charge on any atom is 0.337 e. The number of methoxy groups -OCH3 is 1. The van der Waals surface area contributed by atoms with E-state index in [-0.39, 0.29) is 12.5 Å². The van der Waals surface area contributed by atoms with Gasteiger partial charge in [-0.2, -0.15) is 0 Å². The lowest BCUT2D eigenvalue weighted by Crippen LogP contribution is -2.43. The molecular formula is C32H38N4O5. The van der Waals surface area contributed by atoms with Crippen molar-refractivity contribution in [3.05, 3.63) is 94.3 Å². The Hall–Kier alpha value is -4.24. The van der Waals surface area contributed by atoms with Crippen molar-refractivity contribution in [1.82, 2.24) is 10.3 Å². The van der Waals surface area contributed by atoms with Gasteiger partial charge in [0, 0.05) is 43.0 Å². The smallest absolute Gasteiger partial charge is 0.337 e. The molecule has 4 rings (SSSR count). The normalized spacial score (nSPS) is 15.2. The van der Waals surface area contributed by atoms with E-state index in [0.29, 0.717) is 34.6 Å². The van der Waals surface area contributed by atoms with E-state index in [1.54, 1.807) is 25.3 Å². The summed E-state index contributed by atoms with van der Waals surface area (Å²) in [4.78, 5) is 44.0. The van der Waals surface area contributed by atoms with Crippen LogP contribution in [0, 0.1) is 12.8 Å². The van der Waals surface area contributed by atoms with Crippen LogP contribution < -0.4 is 16.0 Å². The molecule has 2 aromatic carbocycles. The van der Waals surface area contributed by atoms with Crippen LogP contribution in [0.5, 0.6) is 0 Å². The lowest BCUT2D eigenvalue weighted by Gasteiger charge is -2.36. The number of carboxylic acid groups (broad SMARTS) is 1. The number of aliphatic carboxylic acids is 1. The van der Waals surface area contributed by atoms with Crippen molar-refractivity contribution in [3.8, 4) is 0 Å². The highest BCUT2D eigenvalue weighted by Crippen LogP contribution is 2.30.